The number of ether oxygens (including phenoxy) is 1. The Morgan fingerprint density at radius 2 is 2.14 bits per heavy atom. The van der Waals surface area contributed by atoms with Crippen LogP contribution in [0.5, 0.6) is 5.75 Å². The van der Waals surface area contributed by atoms with E-state index in [4.69, 9.17) is 4.74 Å². The minimum Gasteiger partial charge on any atom is -0.491 e. The summed E-state index contributed by atoms with van der Waals surface area (Å²) >= 11 is 0. The van der Waals surface area contributed by atoms with E-state index in [-0.39, 0.29) is 12.6 Å². The topological polar surface area (TPSA) is 21.3 Å². The lowest BCUT2D eigenvalue weighted by atomic mass is 10.1. The summed E-state index contributed by atoms with van der Waals surface area (Å²) in [7, 11) is 1.89. The molecule has 1 aromatic rings. The number of rotatable bonds is 5. The zero-order valence-corrected chi connectivity index (χ0v) is 8.59. The SMILES string of the molecule is CNC(C)c1ccccc1OCCF. The Bertz CT molecular complexity index is 278. The van der Waals surface area contributed by atoms with Gasteiger partial charge in [-0.3, -0.25) is 0 Å². The minimum atomic E-state index is -0.456. The number of benzene rings is 1. The Morgan fingerprint density at radius 3 is 2.79 bits per heavy atom. The molecule has 0 heterocycles. The van der Waals surface area contributed by atoms with E-state index in [1.165, 1.54) is 0 Å². The summed E-state index contributed by atoms with van der Waals surface area (Å²) < 4.78 is 17.2. The molecule has 14 heavy (non-hydrogen) atoms. The largest absolute Gasteiger partial charge is 0.491 e. The van der Waals surface area contributed by atoms with Crippen molar-refractivity contribution in [3.8, 4) is 5.75 Å². The van der Waals surface area contributed by atoms with E-state index in [1.807, 2.05) is 38.2 Å². The molecular formula is C11H16FNO. The van der Waals surface area contributed by atoms with Crippen molar-refractivity contribution in [1.29, 1.82) is 0 Å². The number of alkyl halides is 1. The first kappa shape index (κ1) is 11.0. The van der Waals surface area contributed by atoms with Crippen molar-refractivity contribution in [2.24, 2.45) is 0 Å². The van der Waals surface area contributed by atoms with Gasteiger partial charge < -0.3 is 10.1 Å². The average molecular weight is 197 g/mol. The van der Waals surface area contributed by atoms with E-state index >= 15 is 0 Å². The van der Waals surface area contributed by atoms with E-state index in [0.29, 0.717) is 0 Å². The maximum Gasteiger partial charge on any atom is 0.124 e. The Labute approximate surface area is 84.1 Å². The molecule has 0 saturated carbocycles. The van der Waals surface area contributed by atoms with Gasteiger partial charge in [0.05, 0.1) is 0 Å². The second-order valence-corrected chi connectivity index (χ2v) is 3.09. The summed E-state index contributed by atoms with van der Waals surface area (Å²) in [5.74, 6) is 0.756. The molecule has 0 amide bonds. The van der Waals surface area contributed by atoms with Crippen molar-refractivity contribution in [3.63, 3.8) is 0 Å². The molecule has 0 aliphatic rings. The highest BCUT2D eigenvalue weighted by Crippen LogP contribution is 2.24. The second-order valence-electron chi connectivity index (χ2n) is 3.09. The Kier molecular flexibility index (Phi) is 4.40. The van der Waals surface area contributed by atoms with Crippen LogP contribution >= 0.6 is 0 Å². The first-order valence-electron chi connectivity index (χ1n) is 4.74. The molecule has 0 aliphatic carbocycles. The predicted molar refractivity (Wildman–Crippen MR) is 55.4 cm³/mol. The zero-order valence-electron chi connectivity index (χ0n) is 8.59. The summed E-state index contributed by atoms with van der Waals surface area (Å²) in [5, 5.41) is 3.12. The molecule has 0 saturated heterocycles. The van der Waals surface area contributed by atoms with Crippen LogP contribution in [0.2, 0.25) is 0 Å². The third-order valence-electron chi connectivity index (χ3n) is 2.15. The molecule has 0 fully saturated rings. The summed E-state index contributed by atoms with van der Waals surface area (Å²) in [4.78, 5) is 0. The van der Waals surface area contributed by atoms with E-state index in [1.54, 1.807) is 0 Å². The maximum atomic E-state index is 12.0. The molecule has 1 aromatic carbocycles. The van der Waals surface area contributed by atoms with Crippen molar-refractivity contribution in [1.82, 2.24) is 5.32 Å². The van der Waals surface area contributed by atoms with Crippen LogP contribution in [0.3, 0.4) is 0 Å². The summed E-state index contributed by atoms with van der Waals surface area (Å²) in [6.07, 6.45) is 0. The first-order valence-corrected chi connectivity index (χ1v) is 4.74. The number of nitrogens with one attached hydrogen (secondary N) is 1. The molecule has 0 radical (unpaired) electrons. The fourth-order valence-electron chi connectivity index (χ4n) is 1.27. The standard InChI is InChI=1S/C11H16FNO/c1-9(13-2)10-5-3-4-6-11(10)14-8-7-12/h3-6,9,13H,7-8H2,1-2H3. The lowest BCUT2D eigenvalue weighted by Crippen LogP contribution is -2.14. The fourth-order valence-corrected chi connectivity index (χ4v) is 1.27. The van der Waals surface area contributed by atoms with Gasteiger partial charge >= 0.3 is 0 Å². The molecule has 1 unspecified atom stereocenters. The quantitative estimate of drug-likeness (QED) is 0.782. The van der Waals surface area contributed by atoms with E-state index in [0.717, 1.165) is 11.3 Å². The number of hydrogen-bond donors (Lipinski definition) is 1. The van der Waals surface area contributed by atoms with Gasteiger partial charge in [-0.25, -0.2) is 4.39 Å². The Morgan fingerprint density at radius 1 is 1.43 bits per heavy atom. The number of halogens is 1. The monoisotopic (exact) mass is 197 g/mol. The molecule has 1 N–H and O–H groups in total. The summed E-state index contributed by atoms with van der Waals surface area (Å²) in [5.41, 5.74) is 1.06. The normalized spacial score (nSPS) is 12.5. The van der Waals surface area contributed by atoms with Gasteiger partial charge in [0, 0.05) is 11.6 Å². The third-order valence-corrected chi connectivity index (χ3v) is 2.15. The Balaban J connectivity index is 2.79. The van der Waals surface area contributed by atoms with Crippen molar-refractivity contribution < 1.29 is 9.13 Å². The summed E-state index contributed by atoms with van der Waals surface area (Å²) in [6, 6.07) is 7.89. The molecular weight excluding hydrogens is 181 g/mol. The van der Waals surface area contributed by atoms with Gasteiger partial charge in [0.25, 0.3) is 0 Å². The van der Waals surface area contributed by atoms with E-state index < -0.39 is 6.67 Å². The van der Waals surface area contributed by atoms with Crippen LogP contribution in [0, 0.1) is 0 Å². The van der Waals surface area contributed by atoms with Gasteiger partial charge in [0.2, 0.25) is 0 Å². The van der Waals surface area contributed by atoms with Crippen LogP contribution in [-0.4, -0.2) is 20.3 Å². The van der Waals surface area contributed by atoms with Gasteiger partial charge in [-0.2, -0.15) is 0 Å². The van der Waals surface area contributed by atoms with E-state index in [2.05, 4.69) is 5.32 Å². The maximum absolute atomic E-state index is 12.0. The van der Waals surface area contributed by atoms with Crippen molar-refractivity contribution in [3.05, 3.63) is 29.8 Å². The molecule has 1 atom stereocenters. The average Bonchev–Trinajstić information content (AvgIpc) is 2.25. The number of para-hydroxylation sites is 1. The molecule has 3 heteroatoms. The molecule has 0 aliphatic heterocycles. The van der Waals surface area contributed by atoms with Gasteiger partial charge in [-0.1, -0.05) is 18.2 Å². The lowest BCUT2D eigenvalue weighted by molar-refractivity contribution is 0.269. The second kappa shape index (κ2) is 5.60. The van der Waals surface area contributed by atoms with Crippen molar-refractivity contribution in [2.75, 3.05) is 20.3 Å². The highest BCUT2D eigenvalue weighted by molar-refractivity contribution is 5.35. The van der Waals surface area contributed by atoms with Crippen molar-refractivity contribution >= 4 is 0 Å². The molecule has 2 nitrogen and oxygen atoms in total. The molecule has 0 aromatic heterocycles. The lowest BCUT2D eigenvalue weighted by Gasteiger charge is -2.15. The molecule has 0 bridgehead atoms. The minimum absolute atomic E-state index is 0.118. The van der Waals surface area contributed by atoms with Crippen LogP contribution < -0.4 is 10.1 Å². The summed E-state index contributed by atoms with van der Waals surface area (Å²) in [6.45, 7) is 1.70. The van der Waals surface area contributed by atoms with Gasteiger partial charge in [0.15, 0.2) is 0 Å². The van der Waals surface area contributed by atoms with Gasteiger partial charge in [-0.05, 0) is 20.0 Å². The first-order chi connectivity index (χ1) is 6.79. The van der Waals surface area contributed by atoms with Crippen LogP contribution in [0.1, 0.15) is 18.5 Å². The van der Waals surface area contributed by atoms with Crippen LogP contribution in [0.4, 0.5) is 4.39 Å². The Hall–Kier alpha value is -1.09. The van der Waals surface area contributed by atoms with Crippen LogP contribution in [0.25, 0.3) is 0 Å². The fraction of sp³-hybridized carbons (Fsp3) is 0.455. The smallest absolute Gasteiger partial charge is 0.124 e. The molecule has 1 rings (SSSR count). The predicted octanol–water partition coefficient (Wildman–Crippen LogP) is 2.32. The van der Waals surface area contributed by atoms with Gasteiger partial charge in [0.1, 0.15) is 19.0 Å². The van der Waals surface area contributed by atoms with Crippen LogP contribution in [-0.2, 0) is 0 Å². The highest BCUT2D eigenvalue weighted by Gasteiger charge is 2.08. The van der Waals surface area contributed by atoms with E-state index in [9.17, 15) is 4.39 Å². The van der Waals surface area contributed by atoms with Crippen molar-refractivity contribution in [2.45, 2.75) is 13.0 Å². The molecule has 0 spiro atoms. The number of hydrogen-bond acceptors (Lipinski definition) is 2. The van der Waals surface area contributed by atoms with Gasteiger partial charge in [-0.15, -0.1) is 0 Å². The third kappa shape index (κ3) is 2.70. The zero-order chi connectivity index (χ0) is 10.4. The molecule has 78 valence electrons. The highest BCUT2D eigenvalue weighted by atomic mass is 19.1. The van der Waals surface area contributed by atoms with Crippen LogP contribution in [0.15, 0.2) is 24.3 Å².